The molecular weight excluding hydrogens is 356 g/mol. The molecule has 0 aromatic carbocycles. The number of hydrogen-bond acceptors (Lipinski definition) is 6. The standard InChI is InChI=1S/C18H30N2O5S/c1-3-10-25-17(22)14-12-26-16(13-8-6-5-7-9-13)20(14)18(23)19-11-15(21)24-4-2/h13-14,16H,3-12H2,1-2H3,(H,19,23). The van der Waals surface area contributed by atoms with E-state index in [2.05, 4.69) is 5.32 Å². The molecule has 1 aliphatic heterocycles. The smallest absolute Gasteiger partial charge is 0.329 e. The molecule has 2 unspecified atom stereocenters. The lowest BCUT2D eigenvalue weighted by Crippen LogP contribution is -2.53. The zero-order valence-electron chi connectivity index (χ0n) is 15.7. The summed E-state index contributed by atoms with van der Waals surface area (Å²) in [6.07, 6.45) is 6.42. The van der Waals surface area contributed by atoms with E-state index in [0.717, 1.165) is 32.1 Å². The zero-order chi connectivity index (χ0) is 18.9. The maximum Gasteiger partial charge on any atom is 0.329 e. The van der Waals surface area contributed by atoms with Crippen LogP contribution in [0.2, 0.25) is 0 Å². The number of rotatable bonds is 7. The summed E-state index contributed by atoms with van der Waals surface area (Å²) in [5, 5.41) is 2.57. The maximum absolute atomic E-state index is 12.8. The van der Waals surface area contributed by atoms with Gasteiger partial charge in [-0.25, -0.2) is 9.59 Å². The molecule has 7 nitrogen and oxygen atoms in total. The first kappa shape index (κ1) is 20.9. The number of ether oxygens (including phenoxy) is 2. The Morgan fingerprint density at radius 2 is 1.85 bits per heavy atom. The Morgan fingerprint density at radius 1 is 1.12 bits per heavy atom. The van der Waals surface area contributed by atoms with Crippen LogP contribution in [0.25, 0.3) is 0 Å². The molecule has 2 amide bonds. The fourth-order valence-electron chi connectivity index (χ4n) is 3.50. The van der Waals surface area contributed by atoms with E-state index in [1.165, 1.54) is 6.42 Å². The van der Waals surface area contributed by atoms with Gasteiger partial charge >= 0.3 is 18.0 Å². The second-order valence-electron chi connectivity index (χ2n) is 6.68. The van der Waals surface area contributed by atoms with Crippen molar-refractivity contribution in [3.63, 3.8) is 0 Å². The molecule has 1 saturated heterocycles. The molecule has 1 N–H and O–H groups in total. The Balaban J connectivity index is 2.06. The summed E-state index contributed by atoms with van der Waals surface area (Å²) in [7, 11) is 0. The normalized spacial score (nSPS) is 23.5. The molecule has 2 fully saturated rings. The van der Waals surface area contributed by atoms with Crippen molar-refractivity contribution in [3.8, 4) is 0 Å². The first-order valence-corrected chi connectivity index (χ1v) is 10.6. The van der Waals surface area contributed by atoms with Crippen molar-refractivity contribution in [1.82, 2.24) is 10.2 Å². The molecule has 2 aliphatic rings. The highest BCUT2D eigenvalue weighted by molar-refractivity contribution is 8.00. The maximum atomic E-state index is 12.8. The van der Waals surface area contributed by atoms with Crippen LogP contribution in [0.1, 0.15) is 52.4 Å². The topological polar surface area (TPSA) is 84.9 Å². The van der Waals surface area contributed by atoms with Crippen molar-refractivity contribution in [3.05, 3.63) is 0 Å². The average molecular weight is 387 g/mol. The number of nitrogens with one attached hydrogen (secondary N) is 1. The summed E-state index contributed by atoms with van der Waals surface area (Å²) in [5.74, 6) is 0.0818. The molecule has 0 aromatic heterocycles. The number of hydrogen-bond donors (Lipinski definition) is 1. The third-order valence-electron chi connectivity index (χ3n) is 4.73. The van der Waals surface area contributed by atoms with Crippen molar-refractivity contribution in [2.24, 2.45) is 5.92 Å². The van der Waals surface area contributed by atoms with Crippen LogP contribution in [0, 0.1) is 5.92 Å². The molecule has 0 radical (unpaired) electrons. The van der Waals surface area contributed by atoms with Crippen LogP contribution < -0.4 is 5.32 Å². The van der Waals surface area contributed by atoms with Crippen molar-refractivity contribution in [2.45, 2.75) is 63.8 Å². The third kappa shape index (κ3) is 5.53. The van der Waals surface area contributed by atoms with Crippen molar-refractivity contribution >= 4 is 29.7 Å². The lowest BCUT2D eigenvalue weighted by molar-refractivity contribution is -0.148. The number of urea groups is 1. The molecule has 1 saturated carbocycles. The summed E-state index contributed by atoms with van der Waals surface area (Å²) in [4.78, 5) is 38.4. The van der Waals surface area contributed by atoms with Gasteiger partial charge in [0.05, 0.1) is 18.6 Å². The highest BCUT2D eigenvalue weighted by Gasteiger charge is 2.45. The minimum Gasteiger partial charge on any atom is -0.465 e. The minimum absolute atomic E-state index is 0.0447. The van der Waals surface area contributed by atoms with E-state index in [1.807, 2.05) is 6.92 Å². The molecule has 8 heteroatoms. The predicted octanol–water partition coefficient (Wildman–Crippen LogP) is 2.54. The lowest BCUT2D eigenvalue weighted by atomic mass is 9.88. The second-order valence-corrected chi connectivity index (χ2v) is 7.83. The fraction of sp³-hybridized carbons (Fsp3) is 0.833. The van der Waals surface area contributed by atoms with Gasteiger partial charge < -0.3 is 14.8 Å². The van der Waals surface area contributed by atoms with Gasteiger partial charge in [-0.15, -0.1) is 11.8 Å². The molecule has 0 bridgehead atoms. The number of nitrogens with zero attached hydrogens (tertiary/aromatic N) is 1. The summed E-state index contributed by atoms with van der Waals surface area (Å²) < 4.78 is 10.1. The zero-order valence-corrected chi connectivity index (χ0v) is 16.5. The van der Waals surface area contributed by atoms with Gasteiger partial charge in [0.25, 0.3) is 0 Å². The van der Waals surface area contributed by atoms with E-state index in [0.29, 0.717) is 18.3 Å². The number of amides is 2. The average Bonchev–Trinajstić information content (AvgIpc) is 3.10. The highest BCUT2D eigenvalue weighted by Crippen LogP contribution is 2.40. The molecule has 1 heterocycles. The first-order valence-electron chi connectivity index (χ1n) is 9.58. The molecule has 148 valence electrons. The van der Waals surface area contributed by atoms with Crippen LogP contribution in [-0.4, -0.2) is 59.8 Å². The lowest BCUT2D eigenvalue weighted by Gasteiger charge is -2.35. The number of carbonyl (C=O) groups is 3. The van der Waals surface area contributed by atoms with Gasteiger partial charge in [-0.05, 0) is 32.1 Å². The fourth-order valence-corrected chi connectivity index (χ4v) is 5.12. The molecule has 0 aromatic rings. The van der Waals surface area contributed by atoms with Gasteiger partial charge in [0.2, 0.25) is 0 Å². The molecule has 1 aliphatic carbocycles. The Labute approximate surface area is 159 Å². The molecule has 0 spiro atoms. The van der Waals surface area contributed by atoms with E-state index in [1.54, 1.807) is 23.6 Å². The van der Waals surface area contributed by atoms with Crippen LogP contribution in [0.4, 0.5) is 4.79 Å². The van der Waals surface area contributed by atoms with Gasteiger partial charge in [0.15, 0.2) is 0 Å². The Hall–Kier alpha value is -1.44. The SMILES string of the molecule is CCCOC(=O)C1CSC(C2CCCCC2)N1C(=O)NCC(=O)OCC. The van der Waals surface area contributed by atoms with E-state index in [-0.39, 0.29) is 24.5 Å². The largest absolute Gasteiger partial charge is 0.465 e. The van der Waals surface area contributed by atoms with Crippen LogP contribution in [-0.2, 0) is 19.1 Å². The monoisotopic (exact) mass is 386 g/mol. The number of thioether (sulfide) groups is 1. The Kier molecular flexibility index (Phi) is 8.54. The molecule has 26 heavy (non-hydrogen) atoms. The van der Waals surface area contributed by atoms with Gasteiger partial charge in [-0.2, -0.15) is 0 Å². The van der Waals surface area contributed by atoms with Crippen molar-refractivity contribution in [1.29, 1.82) is 0 Å². The van der Waals surface area contributed by atoms with Gasteiger partial charge in [0, 0.05) is 5.75 Å². The summed E-state index contributed by atoms with van der Waals surface area (Å²) in [6, 6.07) is -0.988. The first-order chi connectivity index (χ1) is 12.6. The molecule has 2 atom stereocenters. The highest BCUT2D eigenvalue weighted by atomic mass is 32.2. The summed E-state index contributed by atoms with van der Waals surface area (Å²) >= 11 is 1.65. The van der Waals surface area contributed by atoms with Gasteiger partial charge in [-0.1, -0.05) is 26.2 Å². The van der Waals surface area contributed by atoms with Crippen LogP contribution >= 0.6 is 11.8 Å². The Morgan fingerprint density at radius 3 is 2.50 bits per heavy atom. The predicted molar refractivity (Wildman–Crippen MR) is 99.7 cm³/mol. The van der Waals surface area contributed by atoms with Crippen molar-refractivity contribution in [2.75, 3.05) is 25.5 Å². The van der Waals surface area contributed by atoms with Crippen LogP contribution in [0.15, 0.2) is 0 Å². The quantitative estimate of drug-likeness (QED) is 0.677. The third-order valence-corrected chi connectivity index (χ3v) is 6.19. The van der Waals surface area contributed by atoms with Gasteiger partial charge in [-0.3, -0.25) is 9.69 Å². The van der Waals surface area contributed by atoms with Crippen molar-refractivity contribution < 1.29 is 23.9 Å². The Bertz CT molecular complexity index is 496. The molecule has 2 rings (SSSR count). The van der Waals surface area contributed by atoms with Crippen LogP contribution in [0.3, 0.4) is 0 Å². The van der Waals surface area contributed by atoms with Gasteiger partial charge in [0.1, 0.15) is 12.6 Å². The number of esters is 2. The van der Waals surface area contributed by atoms with E-state index >= 15 is 0 Å². The minimum atomic E-state index is -0.597. The summed E-state index contributed by atoms with van der Waals surface area (Å²) in [6.45, 7) is 4.08. The van der Waals surface area contributed by atoms with E-state index in [9.17, 15) is 14.4 Å². The molecular formula is C18H30N2O5S. The van der Waals surface area contributed by atoms with E-state index in [4.69, 9.17) is 9.47 Å². The van der Waals surface area contributed by atoms with Crippen LogP contribution in [0.5, 0.6) is 0 Å². The second kappa shape index (κ2) is 10.6. The summed E-state index contributed by atoms with van der Waals surface area (Å²) in [5.41, 5.74) is 0. The van der Waals surface area contributed by atoms with E-state index < -0.39 is 18.0 Å². The number of carbonyl (C=O) groups excluding carboxylic acids is 3.